The number of nitrogens with zero attached hydrogens (tertiary/aromatic N) is 1. The monoisotopic (exact) mass is 451 g/mol. The Bertz CT molecular complexity index is 1230. The van der Waals surface area contributed by atoms with Crippen LogP contribution in [0.3, 0.4) is 0 Å². The number of carbonyl (C=O) groups is 1. The molecular weight excluding hydrogens is 426 g/mol. The van der Waals surface area contributed by atoms with E-state index in [1.807, 2.05) is 30.3 Å². The lowest BCUT2D eigenvalue weighted by Crippen LogP contribution is -2.26. The van der Waals surface area contributed by atoms with Gasteiger partial charge < -0.3 is 9.73 Å². The third-order valence-corrected chi connectivity index (χ3v) is 6.65. The molecule has 1 aromatic heterocycles. The van der Waals surface area contributed by atoms with Crippen molar-refractivity contribution in [3.63, 3.8) is 0 Å². The minimum absolute atomic E-state index is 0.141. The van der Waals surface area contributed by atoms with Gasteiger partial charge in [-0.05, 0) is 43.9 Å². The van der Waals surface area contributed by atoms with Crippen molar-refractivity contribution in [2.45, 2.75) is 37.5 Å². The Morgan fingerprint density at radius 3 is 2.44 bits per heavy atom. The van der Waals surface area contributed by atoms with E-state index in [4.69, 9.17) is 4.42 Å². The highest BCUT2D eigenvalue weighted by atomic mass is 32.2. The molecule has 1 aliphatic carbocycles. The molecule has 0 unspecified atom stereocenters. The van der Waals surface area contributed by atoms with Crippen molar-refractivity contribution < 1.29 is 17.6 Å². The maximum absolute atomic E-state index is 12.7. The number of rotatable bonds is 7. The van der Waals surface area contributed by atoms with Gasteiger partial charge in [-0.15, -0.1) is 0 Å². The molecule has 4 rings (SSSR count). The molecule has 0 saturated heterocycles. The van der Waals surface area contributed by atoms with Crippen LogP contribution in [0.15, 0.2) is 75.1 Å². The molecule has 1 aliphatic rings. The Labute approximate surface area is 187 Å². The summed E-state index contributed by atoms with van der Waals surface area (Å²) in [7, 11) is -3.77. The standard InChI is InChI=1S/C24H25N3O4S/c1-17-22-20(26-27-32(29,30)19-11-6-3-7-12-19)13-8-14-21(22)31-23(17)24(28)25-16-15-18-9-4-2-5-10-18/h2-7,9-12,27H,8,13-16H2,1H3,(H,25,28)/b26-20+. The lowest BCUT2D eigenvalue weighted by atomic mass is 9.93. The van der Waals surface area contributed by atoms with Crippen molar-refractivity contribution in [3.05, 3.63) is 88.9 Å². The number of hydrazone groups is 1. The van der Waals surface area contributed by atoms with Crippen molar-refractivity contribution >= 4 is 21.6 Å². The summed E-state index contributed by atoms with van der Waals surface area (Å²) in [4.78, 5) is 15.2. The van der Waals surface area contributed by atoms with Gasteiger partial charge >= 0.3 is 0 Å². The van der Waals surface area contributed by atoms with Crippen LogP contribution in [-0.2, 0) is 22.9 Å². The van der Waals surface area contributed by atoms with Crippen molar-refractivity contribution in [3.8, 4) is 0 Å². The second kappa shape index (κ2) is 9.40. The van der Waals surface area contributed by atoms with Crippen LogP contribution < -0.4 is 10.1 Å². The summed E-state index contributed by atoms with van der Waals surface area (Å²) in [6.45, 7) is 2.30. The molecule has 1 heterocycles. The normalized spacial score (nSPS) is 14.7. The SMILES string of the molecule is Cc1c(C(=O)NCCc2ccccc2)oc2c1/C(=N/NS(=O)(=O)c1ccccc1)CCC2. The number of benzene rings is 2. The summed E-state index contributed by atoms with van der Waals surface area (Å²) in [6, 6.07) is 18.0. The molecule has 1 amide bonds. The number of aryl methyl sites for hydroxylation is 1. The van der Waals surface area contributed by atoms with Crippen molar-refractivity contribution in [2.75, 3.05) is 6.54 Å². The van der Waals surface area contributed by atoms with Crippen LogP contribution >= 0.6 is 0 Å². The summed E-state index contributed by atoms with van der Waals surface area (Å²) >= 11 is 0. The van der Waals surface area contributed by atoms with Gasteiger partial charge in [0.1, 0.15) is 5.76 Å². The number of sulfonamides is 1. The zero-order chi connectivity index (χ0) is 22.6. The third-order valence-electron chi connectivity index (χ3n) is 5.43. The number of carbonyl (C=O) groups excluding carboxylic acids is 1. The fraction of sp³-hybridized carbons (Fsp3) is 0.250. The molecule has 0 spiro atoms. The Balaban J connectivity index is 1.50. The summed E-state index contributed by atoms with van der Waals surface area (Å²) in [5, 5.41) is 7.10. The molecule has 0 fully saturated rings. The van der Waals surface area contributed by atoms with Gasteiger partial charge in [-0.3, -0.25) is 4.79 Å². The maximum Gasteiger partial charge on any atom is 0.287 e. The average molecular weight is 452 g/mol. The molecule has 8 heteroatoms. The molecule has 0 bridgehead atoms. The molecule has 0 atom stereocenters. The van der Waals surface area contributed by atoms with E-state index >= 15 is 0 Å². The van der Waals surface area contributed by atoms with E-state index in [2.05, 4.69) is 15.2 Å². The molecule has 2 N–H and O–H groups in total. The first kappa shape index (κ1) is 21.8. The highest BCUT2D eigenvalue weighted by molar-refractivity contribution is 7.89. The van der Waals surface area contributed by atoms with Crippen LogP contribution in [0.1, 0.15) is 45.8 Å². The lowest BCUT2D eigenvalue weighted by molar-refractivity contribution is 0.0923. The smallest absolute Gasteiger partial charge is 0.287 e. The molecule has 3 aromatic rings. The van der Waals surface area contributed by atoms with Gasteiger partial charge in [-0.25, -0.2) is 0 Å². The third kappa shape index (κ3) is 4.75. The van der Waals surface area contributed by atoms with Crippen LogP contribution in [0, 0.1) is 6.92 Å². The molecule has 2 aromatic carbocycles. The van der Waals surface area contributed by atoms with Gasteiger partial charge in [0, 0.05) is 24.1 Å². The van der Waals surface area contributed by atoms with Gasteiger partial charge in [0.25, 0.3) is 15.9 Å². The largest absolute Gasteiger partial charge is 0.455 e. The number of nitrogens with one attached hydrogen (secondary N) is 2. The van der Waals surface area contributed by atoms with Crippen LogP contribution in [-0.4, -0.2) is 26.6 Å². The minimum atomic E-state index is -3.77. The van der Waals surface area contributed by atoms with E-state index < -0.39 is 10.0 Å². The predicted molar refractivity (Wildman–Crippen MR) is 122 cm³/mol. The summed E-state index contributed by atoms with van der Waals surface area (Å²) < 4.78 is 30.9. The summed E-state index contributed by atoms with van der Waals surface area (Å²) in [6.07, 6.45) is 2.76. The second-order valence-corrected chi connectivity index (χ2v) is 9.33. The van der Waals surface area contributed by atoms with E-state index in [-0.39, 0.29) is 16.6 Å². The Morgan fingerprint density at radius 2 is 1.72 bits per heavy atom. The summed E-state index contributed by atoms with van der Waals surface area (Å²) in [5.74, 6) is 0.639. The Hall–Kier alpha value is -3.39. The first-order valence-corrected chi connectivity index (χ1v) is 12.0. The number of hydrogen-bond acceptors (Lipinski definition) is 5. The first-order valence-electron chi connectivity index (χ1n) is 10.5. The van der Waals surface area contributed by atoms with Crippen molar-refractivity contribution in [2.24, 2.45) is 5.10 Å². The van der Waals surface area contributed by atoms with Gasteiger partial charge in [0.05, 0.1) is 10.6 Å². The second-order valence-electron chi connectivity index (χ2n) is 7.67. The Morgan fingerprint density at radius 1 is 1.03 bits per heavy atom. The molecule has 166 valence electrons. The molecule has 0 saturated carbocycles. The molecule has 0 aliphatic heterocycles. The average Bonchev–Trinajstić information content (AvgIpc) is 3.16. The molecule has 32 heavy (non-hydrogen) atoms. The van der Waals surface area contributed by atoms with E-state index in [9.17, 15) is 13.2 Å². The zero-order valence-corrected chi connectivity index (χ0v) is 18.6. The number of furan rings is 1. The maximum atomic E-state index is 12.7. The number of fused-ring (bicyclic) bond motifs is 1. The van der Waals surface area contributed by atoms with E-state index in [0.717, 1.165) is 24.0 Å². The topological polar surface area (TPSA) is 101 Å². The fourth-order valence-corrected chi connectivity index (χ4v) is 4.66. The van der Waals surface area contributed by atoms with Crippen molar-refractivity contribution in [1.29, 1.82) is 0 Å². The number of hydrogen-bond donors (Lipinski definition) is 2. The van der Waals surface area contributed by atoms with Crippen LogP contribution in [0.25, 0.3) is 0 Å². The minimum Gasteiger partial charge on any atom is -0.455 e. The molecular formula is C24H25N3O4S. The summed E-state index contributed by atoms with van der Waals surface area (Å²) in [5.41, 5.74) is 3.12. The highest BCUT2D eigenvalue weighted by Crippen LogP contribution is 2.30. The molecule has 7 nitrogen and oxygen atoms in total. The Kier molecular flexibility index (Phi) is 6.41. The number of amides is 1. The van der Waals surface area contributed by atoms with Gasteiger partial charge in [0.15, 0.2) is 5.76 Å². The highest BCUT2D eigenvalue weighted by Gasteiger charge is 2.28. The van der Waals surface area contributed by atoms with Crippen molar-refractivity contribution in [1.82, 2.24) is 10.1 Å². The predicted octanol–water partition coefficient (Wildman–Crippen LogP) is 3.58. The van der Waals surface area contributed by atoms with Crippen LogP contribution in [0.2, 0.25) is 0 Å². The fourth-order valence-electron chi connectivity index (χ4n) is 3.81. The van der Waals surface area contributed by atoms with Gasteiger partial charge in [-0.1, -0.05) is 48.5 Å². The first-order chi connectivity index (χ1) is 15.5. The van der Waals surface area contributed by atoms with Gasteiger partial charge in [-0.2, -0.15) is 18.4 Å². The molecule has 0 radical (unpaired) electrons. The van der Waals surface area contributed by atoms with Crippen LogP contribution in [0.4, 0.5) is 0 Å². The van der Waals surface area contributed by atoms with Gasteiger partial charge in [0.2, 0.25) is 0 Å². The zero-order valence-electron chi connectivity index (χ0n) is 17.8. The van der Waals surface area contributed by atoms with Crippen LogP contribution in [0.5, 0.6) is 0 Å². The van der Waals surface area contributed by atoms with E-state index in [0.29, 0.717) is 36.4 Å². The quantitative estimate of drug-likeness (QED) is 0.536. The lowest BCUT2D eigenvalue weighted by Gasteiger charge is -2.14. The van der Waals surface area contributed by atoms with E-state index in [1.54, 1.807) is 25.1 Å². The van der Waals surface area contributed by atoms with E-state index in [1.165, 1.54) is 12.1 Å².